The highest BCUT2D eigenvalue weighted by Gasteiger charge is 2.24. The number of nitrogens with zero attached hydrogens (tertiary/aromatic N) is 2. The largest absolute Gasteiger partial charge is 0.390 e. The van der Waals surface area contributed by atoms with Crippen LogP contribution in [0.5, 0.6) is 0 Å². The third-order valence-corrected chi connectivity index (χ3v) is 4.69. The summed E-state index contributed by atoms with van der Waals surface area (Å²) in [7, 11) is 1.65. The molecule has 1 heterocycles. The quantitative estimate of drug-likeness (QED) is 0.447. The van der Waals surface area contributed by atoms with E-state index >= 15 is 0 Å². The van der Waals surface area contributed by atoms with Gasteiger partial charge in [-0.25, -0.2) is 9.97 Å². The number of ether oxygens (including phenoxy) is 5. The maximum Gasteiger partial charge on any atom is 0.131 e. The molecule has 160 valence electrons. The number of aromatic nitrogens is 2. The van der Waals surface area contributed by atoms with E-state index in [1.165, 1.54) is 0 Å². The summed E-state index contributed by atoms with van der Waals surface area (Å²) in [6.45, 7) is 4.61. The fourth-order valence-electron chi connectivity index (χ4n) is 3.14. The first-order valence-corrected chi connectivity index (χ1v) is 10.1. The molecule has 1 aliphatic rings. The maximum atomic E-state index is 9.20. The Labute approximate surface area is 167 Å². The van der Waals surface area contributed by atoms with Gasteiger partial charge in [0, 0.05) is 19.2 Å². The minimum absolute atomic E-state index is 0.0405. The van der Waals surface area contributed by atoms with Crippen LogP contribution < -0.4 is 0 Å². The number of methoxy groups -OCH3 is 1. The third-order valence-electron chi connectivity index (χ3n) is 4.69. The van der Waals surface area contributed by atoms with Crippen LogP contribution in [0.15, 0.2) is 12.3 Å². The highest BCUT2D eigenvalue weighted by atomic mass is 16.6. The van der Waals surface area contributed by atoms with Crippen molar-refractivity contribution in [3.8, 4) is 0 Å². The van der Waals surface area contributed by atoms with Crippen molar-refractivity contribution in [2.45, 2.75) is 44.3 Å². The van der Waals surface area contributed by atoms with Gasteiger partial charge in [0.05, 0.1) is 71.3 Å². The molecule has 0 saturated heterocycles. The standard InChI is InChI=1S/C20H34N2O6/c1-24-8-9-25-10-11-26-12-13-27-14-15-28-19-4-2-17(3-5-19)20-21-7-6-18(16-23)22-20/h6-7,17,19,23H,2-5,8-16H2,1H3. The lowest BCUT2D eigenvalue weighted by Crippen LogP contribution is -2.23. The van der Waals surface area contributed by atoms with Crippen molar-refractivity contribution in [3.05, 3.63) is 23.8 Å². The van der Waals surface area contributed by atoms with E-state index in [4.69, 9.17) is 23.7 Å². The molecule has 0 bridgehead atoms. The molecule has 1 saturated carbocycles. The molecule has 0 radical (unpaired) electrons. The molecule has 1 aliphatic carbocycles. The smallest absolute Gasteiger partial charge is 0.131 e. The molecular weight excluding hydrogens is 364 g/mol. The second kappa shape index (κ2) is 14.8. The molecule has 0 aromatic carbocycles. The molecule has 8 nitrogen and oxygen atoms in total. The van der Waals surface area contributed by atoms with E-state index in [0.29, 0.717) is 64.5 Å². The van der Waals surface area contributed by atoms with Gasteiger partial charge in [-0.05, 0) is 31.7 Å². The van der Waals surface area contributed by atoms with E-state index in [2.05, 4.69) is 9.97 Å². The van der Waals surface area contributed by atoms with Crippen LogP contribution in [-0.4, -0.2) is 81.1 Å². The summed E-state index contributed by atoms with van der Waals surface area (Å²) in [6.07, 6.45) is 6.04. The second-order valence-corrected chi connectivity index (χ2v) is 6.74. The highest BCUT2D eigenvalue weighted by Crippen LogP contribution is 2.32. The van der Waals surface area contributed by atoms with Gasteiger partial charge in [0.2, 0.25) is 0 Å². The summed E-state index contributed by atoms with van der Waals surface area (Å²) in [5.41, 5.74) is 0.683. The lowest BCUT2D eigenvalue weighted by Gasteiger charge is -2.27. The Balaban J connectivity index is 1.43. The van der Waals surface area contributed by atoms with E-state index in [-0.39, 0.29) is 12.7 Å². The van der Waals surface area contributed by atoms with Crippen LogP contribution in [0.3, 0.4) is 0 Å². The fourth-order valence-corrected chi connectivity index (χ4v) is 3.14. The van der Waals surface area contributed by atoms with Crippen LogP contribution in [0.1, 0.15) is 43.1 Å². The van der Waals surface area contributed by atoms with E-state index in [9.17, 15) is 5.11 Å². The summed E-state index contributed by atoms with van der Waals surface area (Å²) in [5.74, 6) is 1.20. The summed E-state index contributed by atoms with van der Waals surface area (Å²) in [6, 6.07) is 1.75. The lowest BCUT2D eigenvalue weighted by atomic mass is 9.87. The van der Waals surface area contributed by atoms with Crippen LogP contribution in [0.4, 0.5) is 0 Å². The van der Waals surface area contributed by atoms with Gasteiger partial charge in [-0.2, -0.15) is 0 Å². The molecule has 1 fully saturated rings. The maximum absolute atomic E-state index is 9.20. The van der Waals surface area contributed by atoms with Gasteiger partial charge in [0.1, 0.15) is 5.82 Å². The van der Waals surface area contributed by atoms with Gasteiger partial charge >= 0.3 is 0 Å². The van der Waals surface area contributed by atoms with Gasteiger partial charge in [-0.1, -0.05) is 0 Å². The van der Waals surface area contributed by atoms with Crippen molar-refractivity contribution >= 4 is 0 Å². The van der Waals surface area contributed by atoms with Crippen molar-refractivity contribution < 1.29 is 28.8 Å². The molecule has 0 amide bonds. The van der Waals surface area contributed by atoms with Crippen molar-refractivity contribution in [2.24, 2.45) is 0 Å². The van der Waals surface area contributed by atoms with E-state index in [1.54, 1.807) is 19.4 Å². The Morgan fingerprint density at radius 3 is 2.11 bits per heavy atom. The summed E-state index contributed by atoms with van der Waals surface area (Å²) in [5, 5.41) is 9.20. The molecule has 0 unspecified atom stereocenters. The van der Waals surface area contributed by atoms with Crippen LogP contribution >= 0.6 is 0 Å². The topological polar surface area (TPSA) is 92.2 Å². The monoisotopic (exact) mass is 398 g/mol. The summed E-state index contributed by atoms with van der Waals surface area (Å²) >= 11 is 0. The number of aliphatic hydroxyl groups is 1. The molecule has 1 N–H and O–H groups in total. The van der Waals surface area contributed by atoms with Crippen LogP contribution in [-0.2, 0) is 30.3 Å². The van der Waals surface area contributed by atoms with E-state index < -0.39 is 0 Å². The van der Waals surface area contributed by atoms with Crippen molar-refractivity contribution in [1.82, 2.24) is 9.97 Å². The molecule has 2 rings (SSSR count). The molecule has 0 spiro atoms. The first-order valence-electron chi connectivity index (χ1n) is 10.1. The van der Waals surface area contributed by atoms with E-state index in [0.717, 1.165) is 31.5 Å². The highest BCUT2D eigenvalue weighted by molar-refractivity contribution is 5.05. The lowest BCUT2D eigenvalue weighted by molar-refractivity contribution is -0.0299. The molecular formula is C20H34N2O6. The number of hydrogen-bond donors (Lipinski definition) is 1. The molecule has 8 heteroatoms. The molecule has 0 atom stereocenters. The fraction of sp³-hybridized carbons (Fsp3) is 0.800. The molecule has 28 heavy (non-hydrogen) atoms. The van der Waals surface area contributed by atoms with Crippen molar-refractivity contribution in [1.29, 1.82) is 0 Å². The first-order chi connectivity index (χ1) is 13.8. The van der Waals surface area contributed by atoms with Gasteiger partial charge in [-0.3, -0.25) is 0 Å². The predicted molar refractivity (Wildman–Crippen MR) is 103 cm³/mol. The zero-order valence-electron chi connectivity index (χ0n) is 16.9. The Hall–Kier alpha value is -1.16. The zero-order chi connectivity index (χ0) is 19.9. The Bertz CT molecular complexity index is 511. The molecule has 1 aromatic rings. The SMILES string of the molecule is COCCOCCOCCOCCOC1CCC(c2nccc(CO)n2)CC1. The number of rotatable bonds is 15. The first kappa shape index (κ1) is 23.1. The average Bonchev–Trinajstić information content (AvgIpc) is 2.75. The molecule has 1 aromatic heterocycles. The average molecular weight is 399 g/mol. The van der Waals surface area contributed by atoms with E-state index in [1.807, 2.05) is 0 Å². The van der Waals surface area contributed by atoms with Gasteiger partial charge in [0.15, 0.2) is 0 Å². The Morgan fingerprint density at radius 2 is 1.50 bits per heavy atom. The summed E-state index contributed by atoms with van der Waals surface area (Å²) < 4.78 is 27.1. The van der Waals surface area contributed by atoms with Crippen LogP contribution in [0.2, 0.25) is 0 Å². The van der Waals surface area contributed by atoms with Crippen molar-refractivity contribution in [2.75, 3.05) is 60.0 Å². The predicted octanol–water partition coefficient (Wildman–Crippen LogP) is 1.71. The van der Waals surface area contributed by atoms with Crippen LogP contribution in [0, 0.1) is 0 Å². The normalized spacial score (nSPS) is 19.8. The second-order valence-electron chi connectivity index (χ2n) is 6.74. The summed E-state index contributed by atoms with van der Waals surface area (Å²) in [4.78, 5) is 8.79. The van der Waals surface area contributed by atoms with Crippen LogP contribution in [0.25, 0.3) is 0 Å². The van der Waals surface area contributed by atoms with Gasteiger partial charge < -0.3 is 28.8 Å². The van der Waals surface area contributed by atoms with Crippen molar-refractivity contribution in [3.63, 3.8) is 0 Å². The molecule has 0 aliphatic heterocycles. The zero-order valence-corrected chi connectivity index (χ0v) is 16.9. The number of hydrogen-bond acceptors (Lipinski definition) is 8. The minimum atomic E-state index is -0.0405. The number of aliphatic hydroxyl groups excluding tert-OH is 1. The van der Waals surface area contributed by atoms with Gasteiger partial charge in [-0.15, -0.1) is 0 Å². The minimum Gasteiger partial charge on any atom is -0.390 e. The Morgan fingerprint density at radius 1 is 0.893 bits per heavy atom. The van der Waals surface area contributed by atoms with Gasteiger partial charge in [0.25, 0.3) is 0 Å². The Kier molecular flexibility index (Phi) is 12.2. The third kappa shape index (κ3) is 9.36.